The molecule has 0 atom stereocenters. The summed E-state index contributed by atoms with van der Waals surface area (Å²) in [4.78, 5) is 14.3. The lowest BCUT2D eigenvalue weighted by Crippen LogP contribution is -2.43. The number of amides is 1. The summed E-state index contributed by atoms with van der Waals surface area (Å²) in [5, 5.41) is 0. The minimum absolute atomic E-state index is 0.147. The van der Waals surface area contributed by atoms with Crippen molar-refractivity contribution in [1.82, 2.24) is 4.90 Å². The van der Waals surface area contributed by atoms with Crippen LogP contribution in [0.1, 0.15) is 58.3 Å². The van der Waals surface area contributed by atoms with Crippen LogP contribution in [-0.4, -0.2) is 43.2 Å². The molecule has 0 aromatic carbocycles. The Balaban J connectivity index is 2.50. The average Bonchev–Trinajstić information content (AvgIpc) is 2.69. The van der Waals surface area contributed by atoms with Gasteiger partial charge in [0.1, 0.15) is 6.61 Å². The van der Waals surface area contributed by atoms with E-state index in [-0.39, 0.29) is 12.5 Å². The van der Waals surface area contributed by atoms with Gasteiger partial charge in [-0.05, 0) is 32.2 Å². The highest BCUT2D eigenvalue weighted by molar-refractivity contribution is 5.77. The van der Waals surface area contributed by atoms with E-state index in [0.29, 0.717) is 19.2 Å². The van der Waals surface area contributed by atoms with Gasteiger partial charge in [-0.2, -0.15) is 0 Å². The summed E-state index contributed by atoms with van der Waals surface area (Å²) in [5.74, 6) is 0.147. The van der Waals surface area contributed by atoms with E-state index in [2.05, 4.69) is 6.92 Å². The summed E-state index contributed by atoms with van der Waals surface area (Å²) in [5.41, 5.74) is 5.59. The molecule has 112 valence electrons. The van der Waals surface area contributed by atoms with Crippen LogP contribution in [0.2, 0.25) is 0 Å². The summed E-state index contributed by atoms with van der Waals surface area (Å²) in [6, 6.07) is 0.409. The van der Waals surface area contributed by atoms with Crippen molar-refractivity contribution in [2.45, 2.75) is 64.3 Å². The van der Waals surface area contributed by atoms with Crippen LogP contribution in [0.4, 0.5) is 0 Å². The average molecular weight is 270 g/mol. The predicted molar refractivity (Wildman–Crippen MR) is 78.0 cm³/mol. The molecule has 1 rings (SSSR count). The maximum Gasteiger partial charge on any atom is 0.248 e. The fraction of sp³-hybridized carbons (Fsp3) is 0.933. The predicted octanol–water partition coefficient (Wildman–Crippen LogP) is 2.31. The molecule has 0 aliphatic heterocycles. The Morgan fingerprint density at radius 1 is 1.26 bits per heavy atom. The SMILES string of the molecule is CCCOCC(=O)N(CCCN)C1CCCCCC1. The molecule has 0 unspecified atom stereocenters. The van der Waals surface area contributed by atoms with Gasteiger partial charge in [-0.15, -0.1) is 0 Å². The molecule has 1 fully saturated rings. The quantitative estimate of drug-likeness (QED) is 0.544. The summed E-state index contributed by atoms with van der Waals surface area (Å²) >= 11 is 0. The molecule has 0 bridgehead atoms. The number of hydrogen-bond donors (Lipinski definition) is 1. The lowest BCUT2D eigenvalue weighted by atomic mass is 10.1. The highest BCUT2D eigenvalue weighted by Crippen LogP contribution is 2.22. The van der Waals surface area contributed by atoms with Crippen molar-refractivity contribution in [3.05, 3.63) is 0 Å². The maximum atomic E-state index is 12.3. The maximum absolute atomic E-state index is 12.3. The summed E-state index contributed by atoms with van der Waals surface area (Å²) < 4.78 is 5.41. The van der Waals surface area contributed by atoms with E-state index < -0.39 is 0 Å². The molecular weight excluding hydrogens is 240 g/mol. The lowest BCUT2D eigenvalue weighted by Gasteiger charge is -2.31. The Hall–Kier alpha value is -0.610. The molecular formula is C15H30N2O2. The van der Waals surface area contributed by atoms with E-state index in [1.54, 1.807) is 0 Å². The normalized spacial score (nSPS) is 17.2. The summed E-state index contributed by atoms with van der Waals surface area (Å²) in [6.07, 6.45) is 9.23. The summed E-state index contributed by atoms with van der Waals surface area (Å²) in [6.45, 7) is 4.39. The molecule has 1 aliphatic carbocycles. The number of ether oxygens (including phenoxy) is 1. The van der Waals surface area contributed by atoms with Crippen LogP contribution in [0.15, 0.2) is 0 Å². The molecule has 0 spiro atoms. The first-order valence-corrected chi connectivity index (χ1v) is 7.86. The van der Waals surface area contributed by atoms with Gasteiger partial charge in [0.05, 0.1) is 0 Å². The van der Waals surface area contributed by atoms with Gasteiger partial charge in [-0.1, -0.05) is 32.6 Å². The molecule has 0 saturated heterocycles. The van der Waals surface area contributed by atoms with E-state index in [1.165, 1.54) is 25.7 Å². The fourth-order valence-electron chi connectivity index (χ4n) is 2.73. The molecule has 19 heavy (non-hydrogen) atoms. The van der Waals surface area contributed by atoms with Gasteiger partial charge in [-0.25, -0.2) is 0 Å². The molecule has 1 amide bonds. The lowest BCUT2D eigenvalue weighted by molar-refractivity contribution is -0.138. The molecule has 0 radical (unpaired) electrons. The minimum atomic E-state index is 0.147. The third-order valence-corrected chi connectivity index (χ3v) is 3.76. The van der Waals surface area contributed by atoms with Crippen molar-refractivity contribution in [3.63, 3.8) is 0 Å². The van der Waals surface area contributed by atoms with Gasteiger partial charge in [0.15, 0.2) is 0 Å². The number of nitrogens with two attached hydrogens (primary N) is 1. The third-order valence-electron chi connectivity index (χ3n) is 3.76. The van der Waals surface area contributed by atoms with Crippen molar-refractivity contribution in [2.24, 2.45) is 5.73 Å². The van der Waals surface area contributed by atoms with Gasteiger partial charge in [0.2, 0.25) is 5.91 Å². The Bertz CT molecular complexity index is 238. The van der Waals surface area contributed by atoms with Gasteiger partial charge in [0.25, 0.3) is 0 Å². The van der Waals surface area contributed by atoms with Crippen molar-refractivity contribution < 1.29 is 9.53 Å². The Morgan fingerprint density at radius 2 is 1.95 bits per heavy atom. The van der Waals surface area contributed by atoms with Crippen LogP contribution >= 0.6 is 0 Å². The molecule has 4 nitrogen and oxygen atoms in total. The highest BCUT2D eigenvalue weighted by Gasteiger charge is 2.23. The summed E-state index contributed by atoms with van der Waals surface area (Å²) in [7, 11) is 0. The topological polar surface area (TPSA) is 55.6 Å². The molecule has 0 aromatic heterocycles. The minimum Gasteiger partial charge on any atom is -0.372 e. The van der Waals surface area contributed by atoms with E-state index in [9.17, 15) is 4.79 Å². The second-order valence-electron chi connectivity index (χ2n) is 5.43. The van der Waals surface area contributed by atoms with Gasteiger partial charge in [-0.3, -0.25) is 4.79 Å². The van der Waals surface area contributed by atoms with Crippen LogP contribution in [0, 0.1) is 0 Å². The standard InChI is InChI=1S/C15H30N2O2/c1-2-12-19-13-15(18)17(11-7-10-16)14-8-5-3-4-6-9-14/h14H,2-13,16H2,1H3. The molecule has 0 heterocycles. The van der Waals surface area contributed by atoms with Crippen LogP contribution in [0.5, 0.6) is 0 Å². The Kier molecular flexibility index (Phi) is 8.84. The van der Waals surface area contributed by atoms with E-state index >= 15 is 0 Å². The fourth-order valence-corrected chi connectivity index (χ4v) is 2.73. The first-order chi connectivity index (χ1) is 9.29. The zero-order chi connectivity index (χ0) is 13.9. The van der Waals surface area contributed by atoms with Crippen molar-refractivity contribution in [1.29, 1.82) is 0 Å². The van der Waals surface area contributed by atoms with E-state index in [4.69, 9.17) is 10.5 Å². The monoisotopic (exact) mass is 270 g/mol. The van der Waals surface area contributed by atoms with Crippen LogP contribution in [0.25, 0.3) is 0 Å². The number of carbonyl (C=O) groups is 1. The van der Waals surface area contributed by atoms with Crippen molar-refractivity contribution in [3.8, 4) is 0 Å². The number of carbonyl (C=O) groups excluding carboxylic acids is 1. The van der Waals surface area contributed by atoms with Crippen LogP contribution in [-0.2, 0) is 9.53 Å². The first-order valence-electron chi connectivity index (χ1n) is 7.86. The Labute approximate surface area is 117 Å². The van der Waals surface area contributed by atoms with E-state index in [0.717, 1.165) is 32.2 Å². The number of hydrogen-bond acceptors (Lipinski definition) is 3. The largest absolute Gasteiger partial charge is 0.372 e. The number of nitrogens with zero attached hydrogens (tertiary/aromatic N) is 1. The van der Waals surface area contributed by atoms with Crippen LogP contribution in [0.3, 0.4) is 0 Å². The molecule has 0 aromatic rings. The molecule has 4 heteroatoms. The molecule has 1 saturated carbocycles. The van der Waals surface area contributed by atoms with Gasteiger partial charge >= 0.3 is 0 Å². The van der Waals surface area contributed by atoms with Crippen LogP contribution < -0.4 is 5.73 Å². The van der Waals surface area contributed by atoms with Crippen molar-refractivity contribution in [2.75, 3.05) is 26.3 Å². The smallest absolute Gasteiger partial charge is 0.248 e. The van der Waals surface area contributed by atoms with Gasteiger partial charge in [0, 0.05) is 19.2 Å². The third kappa shape index (κ3) is 6.39. The van der Waals surface area contributed by atoms with Crippen molar-refractivity contribution >= 4 is 5.91 Å². The highest BCUT2D eigenvalue weighted by atomic mass is 16.5. The van der Waals surface area contributed by atoms with E-state index in [1.807, 2.05) is 4.90 Å². The zero-order valence-electron chi connectivity index (χ0n) is 12.4. The second-order valence-corrected chi connectivity index (χ2v) is 5.43. The first kappa shape index (κ1) is 16.4. The van der Waals surface area contributed by atoms with Gasteiger partial charge < -0.3 is 15.4 Å². The second kappa shape index (κ2) is 10.2. The molecule has 2 N–H and O–H groups in total. The Morgan fingerprint density at radius 3 is 2.53 bits per heavy atom. The molecule has 1 aliphatic rings. The zero-order valence-corrected chi connectivity index (χ0v) is 12.4. The number of rotatable bonds is 8.